The minimum absolute atomic E-state index is 0.524. The highest BCUT2D eigenvalue weighted by molar-refractivity contribution is 6.30. The van der Waals surface area contributed by atoms with Crippen molar-refractivity contribution in [2.24, 2.45) is 5.73 Å². The number of aromatic nitrogens is 2. The Morgan fingerprint density at radius 3 is 2.76 bits per heavy atom. The van der Waals surface area contributed by atoms with Crippen molar-refractivity contribution < 1.29 is 0 Å². The van der Waals surface area contributed by atoms with Crippen LogP contribution in [0.3, 0.4) is 0 Å². The summed E-state index contributed by atoms with van der Waals surface area (Å²) in [5.41, 5.74) is 10.1. The molecule has 0 saturated carbocycles. The Morgan fingerprint density at radius 2 is 2.18 bits per heavy atom. The molecule has 0 spiro atoms. The zero-order valence-corrected chi connectivity index (χ0v) is 10.8. The van der Waals surface area contributed by atoms with Crippen LogP contribution in [0.1, 0.15) is 23.7 Å². The fourth-order valence-corrected chi connectivity index (χ4v) is 2.25. The largest absolute Gasteiger partial charge is 0.326 e. The lowest BCUT2D eigenvalue weighted by Gasteiger charge is -2.10. The van der Waals surface area contributed by atoms with Crippen LogP contribution in [0.25, 0.3) is 5.69 Å². The number of nitrogens with zero attached hydrogens (tertiary/aromatic N) is 2. The van der Waals surface area contributed by atoms with Gasteiger partial charge in [0, 0.05) is 22.8 Å². The summed E-state index contributed by atoms with van der Waals surface area (Å²) in [6, 6.07) is 5.82. The van der Waals surface area contributed by atoms with Gasteiger partial charge in [-0.2, -0.15) is 5.10 Å². The summed E-state index contributed by atoms with van der Waals surface area (Å²) in [7, 11) is 0. The Balaban J connectivity index is 2.56. The number of rotatable bonds is 3. The van der Waals surface area contributed by atoms with Crippen LogP contribution in [-0.4, -0.2) is 9.78 Å². The third kappa shape index (κ3) is 2.21. The van der Waals surface area contributed by atoms with Crippen molar-refractivity contribution in [2.45, 2.75) is 26.8 Å². The van der Waals surface area contributed by atoms with Crippen molar-refractivity contribution in [3.63, 3.8) is 0 Å². The van der Waals surface area contributed by atoms with Gasteiger partial charge in [-0.3, -0.25) is 0 Å². The molecule has 0 amide bonds. The summed E-state index contributed by atoms with van der Waals surface area (Å²) in [6.07, 6.45) is 2.75. The zero-order valence-electron chi connectivity index (χ0n) is 10.1. The fourth-order valence-electron chi connectivity index (χ4n) is 2.02. The van der Waals surface area contributed by atoms with Crippen LogP contribution >= 0.6 is 11.6 Å². The maximum absolute atomic E-state index is 5.96. The molecule has 2 rings (SSSR count). The van der Waals surface area contributed by atoms with Gasteiger partial charge in [0.1, 0.15) is 0 Å². The Morgan fingerprint density at radius 1 is 1.41 bits per heavy atom. The average Bonchev–Trinajstić information content (AvgIpc) is 2.71. The van der Waals surface area contributed by atoms with Crippen molar-refractivity contribution in [3.8, 4) is 5.69 Å². The van der Waals surface area contributed by atoms with Crippen molar-refractivity contribution in [1.82, 2.24) is 9.78 Å². The molecule has 0 atom stereocenters. The van der Waals surface area contributed by atoms with Gasteiger partial charge in [-0.1, -0.05) is 18.5 Å². The second-order valence-corrected chi connectivity index (χ2v) is 4.45. The third-order valence-corrected chi connectivity index (χ3v) is 3.13. The quantitative estimate of drug-likeness (QED) is 0.909. The van der Waals surface area contributed by atoms with E-state index in [1.54, 1.807) is 0 Å². The first-order chi connectivity index (χ1) is 8.17. The van der Waals surface area contributed by atoms with E-state index in [9.17, 15) is 0 Å². The summed E-state index contributed by atoms with van der Waals surface area (Å²) in [4.78, 5) is 0. The summed E-state index contributed by atoms with van der Waals surface area (Å²) in [5, 5.41) is 5.16. The first kappa shape index (κ1) is 12.1. The number of benzene rings is 1. The van der Waals surface area contributed by atoms with Gasteiger partial charge in [-0.25, -0.2) is 4.68 Å². The molecule has 17 heavy (non-hydrogen) atoms. The van der Waals surface area contributed by atoms with Crippen LogP contribution < -0.4 is 5.73 Å². The van der Waals surface area contributed by atoms with E-state index in [0.29, 0.717) is 6.54 Å². The molecule has 0 unspecified atom stereocenters. The number of hydrogen-bond acceptors (Lipinski definition) is 2. The van der Waals surface area contributed by atoms with Crippen LogP contribution in [0.2, 0.25) is 5.02 Å². The molecule has 0 aliphatic heterocycles. The van der Waals surface area contributed by atoms with Gasteiger partial charge in [-0.05, 0) is 37.1 Å². The van der Waals surface area contributed by atoms with E-state index in [-0.39, 0.29) is 0 Å². The standard InChI is InChI=1S/C13H16ClN3/c1-3-12-10(7-15)8-16-17(12)13-5-4-11(14)6-9(13)2/h4-6,8H,3,7,15H2,1-2H3. The molecule has 0 saturated heterocycles. The van der Waals surface area contributed by atoms with Crippen LogP contribution in [0.4, 0.5) is 0 Å². The van der Waals surface area contributed by atoms with E-state index in [1.807, 2.05) is 36.0 Å². The number of halogens is 1. The molecule has 0 bridgehead atoms. The molecule has 1 aromatic carbocycles. The second-order valence-electron chi connectivity index (χ2n) is 4.02. The fraction of sp³-hybridized carbons (Fsp3) is 0.308. The van der Waals surface area contributed by atoms with E-state index < -0.39 is 0 Å². The molecule has 1 aromatic heterocycles. The molecule has 0 fully saturated rings. The third-order valence-electron chi connectivity index (χ3n) is 2.90. The van der Waals surface area contributed by atoms with Gasteiger partial charge in [-0.15, -0.1) is 0 Å². The van der Waals surface area contributed by atoms with Gasteiger partial charge < -0.3 is 5.73 Å². The van der Waals surface area contributed by atoms with Gasteiger partial charge in [0.25, 0.3) is 0 Å². The van der Waals surface area contributed by atoms with E-state index in [1.165, 1.54) is 0 Å². The SMILES string of the molecule is CCc1c(CN)cnn1-c1ccc(Cl)cc1C. The molecule has 2 N–H and O–H groups in total. The minimum atomic E-state index is 0.524. The minimum Gasteiger partial charge on any atom is -0.326 e. The molecule has 0 radical (unpaired) electrons. The monoisotopic (exact) mass is 249 g/mol. The number of aryl methyl sites for hydroxylation is 1. The zero-order chi connectivity index (χ0) is 12.4. The van der Waals surface area contributed by atoms with Gasteiger partial charge in [0.05, 0.1) is 11.9 Å². The highest BCUT2D eigenvalue weighted by Gasteiger charge is 2.11. The molecular weight excluding hydrogens is 234 g/mol. The van der Waals surface area contributed by atoms with Crippen molar-refractivity contribution in [2.75, 3.05) is 0 Å². The van der Waals surface area contributed by atoms with E-state index in [4.69, 9.17) is 17.3 Å². The van der Waals surface area contributed by atoms with Crippen LogP contribution in [-0.2, 0) is 13.0 Å². The topological polar surface area (TPSA) is 43.8 Å². The average molecular weight is 250 g/mol. The summed E-state index contributed by atoms with van der Waals surface area (Å²) < 4.78 is 1.95. The molecule has 4 heteroatoms. The highest BCUT2D eigenvalue weighted by atomic mass is 35.5. The smallest absolute Gasteiger partial charge is 0.0679 e. The Kier molecular flexibility index (Phi) is 3.50. The van der Waals surface area contributed by atoms with E-state index >= 15 is 0 Å². The second kappa shape index (κ2) is 4.90. The molecule has 90 valence electrons. The summed E-state index contributed by atoms with van der Waals surface area (Å²) in [6.45, 7) is 4.66. The maximum Gasteiger partial charge on any atom is 0.0679 e. The lowest BCUT2D eigenvalue weighted by Crippen LogP contribution is -2.06. The Labute approximate surface area is 106 Å². The summed E-state index contributed by atoms with van der Waals surface area (Å²) in [5.74, 6) is 0. The van der Waals surface area contributed by atoms with Crippen molar-refractivity contribution in [1.29, 1.82) is 0 Å². The molecule has 0 aliphatic carbocycles. The molecule has 1 heterocycles. The van der Waals surface area contributed by atoms with Crippen LogP contribution in [0.15, 0.2) is 24.4 Å². The van der Waals surface area contributed by atoms with Gasteiger partial charge in [0.15, 0.2) is 0 Å². The highest BCUT2D eigenvalue weighted by Crippen LogP contribution is 2.21. The van der Waals surface area contributed by atoms with E-state index in [0.717, 1.165) is 34.0 Å². The predicted octanol–water partition coefficient (Wildman–Crippen LogP) is 2.86. The van der Waals surface area contributed by atoms with Gasteiger partial charge in [0.2, 0.25) is 0 Å². The number of hydrogen-bond donors (Lipinski definition) is 1. The normalized spacial score (nSPS) is 10.8. The first-order valence-electron chi connectivity index (χ1n) is 5.69. The van der Waals surface area contributed by atoms with Crippen LogP contribution in [0, 0.1) is 6.92 Å². The van der Waals surface area contributed by atoms with Crippen LogP contribution in [0.5, 0.6) is 0 Å². The lowest BCUT2D eigenvalue weighted by molar-refractivity contribution is 0.802. The van der Waals surface area contributed by atoms with Crippen molar-refractivity contribution in [3.05, 3.63) is 46.2 Å². The maximum atomic E-state index is 5.96. The lowest BCUT2D eigenvalue weighted by atomic mass is 10.1. The number of nitrogens with two attached hydrogens (primary N) is 1. The molecule has 3 nitrogen and oxygen atoms in total. The first-order valence-corrected chi connectivity index (χ1v) is 6.07. The molecule has 2 aromatic rings. The Hall–Kier alpha value is -1.32. The Bertz CT molecular complexity index is 531. The van der Waals surface area contributed by atoms with E-state index in [2.05, 4.69) is 12.0 Å². The predicted molar refractivity (Wildman–Crippen MR) is 70.6 cm³/mol. The van der Waals surface area contributed by atoms with Crippen molar-refractivity contribution >= 4 is 11.6 Å². The molecule has 0 aliphatic rings. The molecular formula is C13H16ClN3. The summed E-state index contributed by atoms with van der Waals surface area (Å²) >= 11 is 5.96. The van der Waals surface area contributed by atoms with Gasteiger partial charge >= 0.3 is 0 Å².